The van der Waals surface area contributed by atoms with Crippen molar-refractivity contribution in [3.05, 3.63) is 82.9 Å². The average Bonchev–Trinajstić information content (AvgIpc) is 2.95. The zero-order chi connectivity index (χ0) is 38.3. The molecule has 0 unspecified atom stereocenters. The van der Waals surface area contributed by atoms with Crippen LogP contribution < -0.4 is 9.34 Å². The highest BCUT2D eigenvalue weighted by Gasteiger charge is 2.33. The van der Waals surface area contributed by atoms with Crippen LogP contribution in [0.2, 0.25) is 0 Å². The molecule has 0 N–H and O–H groups in total. The van der Waals surface area contributed by atoms with Gasteiger partial charge in [-0.2, -0.15) is 0 Å². The molecule has 50 heavy (non-hydrogen) atoms. The Labute approximate surface area is 312 Å². The minimum atomic E-state index is -0.538. The molecule has 0 amide bonds. The summed E-state index contributed by atoms with van der Waals surface area (Å²) in [4.78, 5) is 0. The van der Waals surface area contributed by atoms with E-state index >= 15 is 0 Å². The molecule has 2 nitrogen and oxygen atoms in total. The first-order chi connectivity index (χ1) is 22.6. The van der Waals surface area contributed by atoms with Crippen LogP contribution in [0.4, 0.5) is 22.7 Å². The minimum Gasteiger partial charge on any atom is -0.319 e. The van der Waals surface area contributed by atoms with Gasteiger partial charge in [0.05, 0.1) is 0 Å². The van der Waals surface area contributed by atoms with Crippen molar-refractivity contribution in [2.75, 3.05) is 9.34 Å². The average molecular weight is 717 g/mol. The smallest absolute Gasteiger partial charge is 0.0468 e. The summed E-state index contributed by atoms with van der Waals surface area (Å²) < 4.78 is 5.52. The predicted octanol–water partition coefficient (Wildman–Crippen LogP) is 15.6. The van der Waals surface area contributed by atoms with E-state index in [0.717, 1.165) is 0 Å². The molecule has 0 bridgehead atoms. The monoisotopic (exact) mass is 717 g/mol. The van der Waals surface area contributed by atoms with Crippen molar-refractivity contribution in [2.24, 2.45) is 0 Å². The molecule has 0 aliphatic rings. The van der Waals surface area contributed by atoms with Crippen LogP contribution >= 0.6 is 16.1 Å². The quantitative estimate of drug-likeness (QED) is 0.193. The lowest BCUT2D eigenvalue weighted by atomic mass is 9.80. The molecular formula is C46H74N2P2. The third-order valence-corrected chi connectivity index (χ3v) is 15.8. The summed E-state index contributed by atoms with van der Waals surface area (Å²) in [5, 5.41) is 0. The Bertz CT molecular complexity index is 1380. The number of anilines is 4. The highest BCUT2D eigenvalue weighted by Crippen LogP contribution is 2.60. The molecule has 3 rings (SSSR count). The summed E-state index contributed by atoms with van der Waals surface area (Å²) in [5.74, 6) is 0. The number of benzene rings is 3. The maximum absolute atomic E-state index is 2.76. The Kier molecular flexibility index (Phi) is 13.3. The molecule has 278 valence electrons. The van der Waals surface area contributed by atoms with Crippen molar-refractivity contribution in [1.29, 1.82) is 0 Å². The minimum absolute atomic E-state index is 0.0476. The summed E-state index contributed by atoms with van der Waals surface area (Å²) >= 11 is 0. The van der Waals surface area contributed by atoms with Gasteiger partial charge in [0, 0.05) is 38.9 Å². The third-order valence-electron chi connectivity index (χ3n) is 9.69. The van der Waals surface area contributed by atoms with Crippen LogP contribution in [0.3, 0.4) is 0 Å². The number of hydrogen-bond donors (Lipinski definition) is 0. The molecule has 0 saturated carbocycles. The summed E-state index contributed by atoms with van der Waals surface area (Å²) in [7, 11) is -1.08. The van der Waals surface area contributed by atoms with E-state index in [4.69, 9.17) is 0 Å². The van der Waals surface area contributed by atoms with Crippen molar-refractivity contribution in [3.63, 3.8) is 0 Å². The zero-order valence-corrected chi connectivity index (χ0v) is 37.7. The number of hydrogen-bond acceptors (Lipinski definition) is 2. The van der Waals surface area contributed by atoms with Gasteiger partial charge in [0.15, 0.2) is 0 Å². The first kappa shape index (κ1) is 42.5. The van der Waals surface area contributed by atoms with Gasteiger partial charge in [-0.05, 0) is 109 Å². The van der Waals surface area contributed by atoms with Crippen LogP contribution in [0.1, 0.15) is 161 Å². The van der Waals surface area contributed by atoms with Crippen molar-refractivity contribution < 1.29 is 0 Å². The van der Waals surface area contributed by atoms with E-state index in [-0.39, 0.29) is 21.7 Å². The Morgan fingerprint density at radius 1 is 0.360 bits per heavy atom. The largest absolute Gasteiger partial charge is 0.319 e. The Balaban J connectivity index is 2.48. The summed E-state index contributed by atoms with van der Waals surface area (Å²) in [6.45, 7) is 47.7. The lowest BCUT2D eigenvalue weighted by Gasteiger charge is -2.42. The van der Waals surface area contributed by atoms with Crippen LogP contribution in [-0.4, -0.2) is 22.6 Å². The van der Waals surface area contributed by atoms with Crippen molar-refractivity contribution in [3.8, 4) is 0 Å². The molecule has 3 aromatic rings. The van der Waals surface area contributed by atoms with E-state index in [1.165, 1.54) is 45.0 Å². The fourth-order valence-corrected chi connectivity index (χ4v) is 12.7. The Morgan fingerprint density at radius 2 is 0.600 bits per heavy atom. The zero-order valence-electron chi connectivity index (χ0n) is 35.9. The van der Waals surface area contributed by atoms with Gasteiger partial charge in [-0.1, -0.05) is 157 Å². The van der Waals surface area contributed by atoms with Gasteiger partial charge in [0.25, 0.3) is 0 Å². The fourth-order valence-electron chi connectivity index (χ4n) is 6.90. The van der Waals surface area contributed by atoms with E-state index in [0.29, 0.717) is 22.6 Å². The Hall–Kier alpha value is -1.88. The lowest BCUT2D eigenvalue weighted by molar-refractivity contribution is 0.568. The molecule has 0 aliphatic heterocycles. The maximum Gasteiger partial charge on any atom is 0.0468 e. The summed E-state index contributed by atoms with van der Waals surface area (Å²) in [5.41, 5.74) is 13.2. The molecule has 0 atom stereocenters. The van der Waals surface area contributed by atoms with E-state index in [1.807, 2.05) is 0 Å². The molecular weight excluding hydrogens is 642 g/mol. The topological polar surface area (TPSA) is 6.48 Å². The van der Waals surface area contributed by atoms with Crippen LogP contribution in [0.5, 0.6) is 0 Å². The standard InChI is InChI=1S/C46H74N2P2/c1-31(2)49(32(3)4)47(41-26-35(43(9,10)11)24-36(27-41)44(12,13)14)39-22-21-23-40(30-39)48(50(33(5)6)34(7)8)42-28-37(45(15,16)17)25-38(29-42)46(18,19)20/h21-34H,1-20H3. The van der Waals surface area contributed by atoms with Gasteiger partial charge >= 0.3 is 0 Å². The summed E-state index contributed by atoms with van der Waals surface area (Å²) in [6.07, 6.45) is 0. The van der Waals surface area contributed by atoms with Crippen molar-refractivity contribution >= 4 is 38.9 Å². The molecule has 0 radical (unpaired) electrons. The molecule has 0 fully saturated rings. The van der Waals surface area contributed by atoms with E-state index in [2.05, 4.69) is 208 Å². The van der Waals surface area contributed by atoms with E-state index in [9.17, 15) is 0 Å². The molecule has 4 heteroatoms. The lowest BCUT2D eigenvalue weighted by Crippen LogP contribution is -2.25. The normalized spacial score (nSPS) is 13.5. The second kappa shape index (κ2) is 15.6. The SMILES string of the molecule is CC(C)P(C(C)C)N(c1cccc(N(c2cc(C(C)(C)C)cc(C(C)(C)C)c2)P(C(C)C)C(C)C)c1)c1cc(C(C)(C)C)cc(C(C)(C)C)c1. The van der Waals surface area contributed by atoms with Crippen molar-refractivity contribution in [2.45, 2.75) is 183 Å². The van der Waals surface area contributed by atoms with Gasteiger partial charge < -0.3 is 9.34 Å². The first-order valence-electron chi connectivity index (χ1n) is 19.2. The van der Waals surface area contributed by atoms with Crippen molar-refractivity contribution in [1.82, 2.24) is 0 Å². The van der Waals surface area contributed by atoms with Gasteiger partial charge in [-0.3, -0.25) is 0 Å². The van der Waals surface area contributed by atoms with E-state index < -0.39 is 16.1 Å². The van der Waals surface area contributed by atoms with Gasteiger partial charge in [0.2, 0.25) is 0 Å². The maximum atomic E-state index is 2.76. The number of nitrogens with zero attached hydrogens (tertiary/aromatic N) is 2. The van der Waals surface area contributed by atoms with Crippen LogP contribution in [-0.2, 0) is 21.7 Å². The third kappa shape index (κ3) is 10.2. The molecule has 0 heterocycles. The van der Waals surface area contributed by atoms with Gasteiger partial charge in [-0.25, -0.2) is 0 Å². The highest BCUT2D eigenvalue weighted by molar-refractivity contribution is 7.61. The van der Waals surface area contributed by atoms with Gasteiger partial charge in [0.1, 0.15) is 0 Å². The van der Waals surface area contributed by atoms with Gasteiger partial charge in [-0.15, -0.1) is 0 Å². The van der Waals surface area contributed by atoms with Crippen LogP contribution in [0.25, 0.3) is 0 Å². The van der Waals surface area contributed by atoms with Crippen LogP contribution in [0, 0.1) is 0 Å². The van der Waals surface area contributed by atoms with Crippen LogP contribution in [0.15, 0.2) is 60.7 Å². The molecule has 0 spiro atoms. The fraction of sp³-hybridized carbons (Fsp3) is 0.609. The molecule has 3 aromatic carbocycles. The highest BCUT2D eigenvalue weighted by atomic mass is 31.1. The predicted molar refractivity (Wildman–Crippen MR) is 233 cm³/mol. The Morgan fingerprint density at radius 3 is 0.800 bits per heavy atom. The molecule has 0 aliphatic carbocycles. The summed E-state index contributed by atoms with van der Waals surface area (Å²) in [6, 6.07) is 24.5. The molecule has 0 saturated heterocycles. The second-order valence-electron chi connectivity index (χ2n) is 19.8. The first-order valence-corrected chi connectivity index (χ1v) is 22.1. The second-order valence-corrected chi connectivity index (χ2v) is 26.3. The number of rotatable bonds is 10. The van der Waals surface area contributed by atoms with E-state index in [1.54, 1.807) is 0 Å². The molecule has 0 aromatic heterocycles.